The van der Waals surface area contributed by atoms with Gasteiger partial charge in [0.2, 0.25) is 0 Å². The average Bonchev–Trinajstić information content (AvgIpc) is 3.01. The molecule has 0 N–H and O–H groups in total. The van der Waals surface area contributed by atoms with Crippen LogP contribution in [0.25, 0.3) is 0 Å². The summed E-state index contributed by atoms with van der Waals surface area (Å²) >= 11 is 5.97. The van der Waals surface area contributed by atoms with Crippen molar-refractivity contribution in [3.05, 3.63) is 69.8 Å². The molecule has 0 spiro atoms. The molecule has 4 rings (SSSR count). The molecule has 0 fully saturated rings. The van der Waals surface area contributed by atoms with Gasteiger partial charge in [-0.15, -0.1) is 0 Å². The van der Waals surface area contributed by atoms with Crippen molar-refractivity contribution < 1.29 is 19.2 Å². The second kappa shape index (κ2) is 6.14. The van der Waals surface area contributed by atoms with Gasteiger partial charge in [0.25, 0.3) is 23.6 Å². The lowest BCUT2D eigenvalue weighted by molar-refractivity contribution is 0.0768. The highest BCUT2D eigenvalue weighted by Gasteiger charge is 2.37. The molecule has 26 heavy (non-hydrogen) atoms. The van der Waals surface area contributed by atoms with E-state index in [9.17, 15) is 19.2 Å². The number of benzene rings is 2. The molecule has 0 aromatic heterocycles. The Morgan fingerprint density at radius 3 is 1.38 bits per heavy atom. The molecule has 130 valence electrons. The van der Waals surface area contributed by atoms with Crippen LogP contribution in [-0.4, -0.2) is 31.5 Å². The Bertz CT molecular complexity index is 937. The molecule has 2 aromatic rings. The molecule has 0 bridgehead atoms. The minimum Gasteiger partial charge on any atom is -0.268 e. The van der Waals surface area contributed by atoms with Crippen LogP contribution in [0.5, 0.6) is 0 Å². The maximum Gasteiger partial charge on any atom is 0.272 e. The summed E-state index contributed by atoms with van der Waals surface area (Å²) in [7, 11) is 0. The van der Waals surface area contributed by atoms with Crippen LogP contribution in [0.2, 0.25) is 0 Å². The molecule has 0 unspecified atom stereocenters. The second-order valence-electron chi connectivity index (χ2n) is 5.96. The van der Waals surface area contributed by atoms with E-state index in [1.807, 2.05) is 0 Å². The average molecular weight is 478 g/mol. The summed E-state index contributed by atoms with van der Waals surface area (Å²) in [5.41, 5.74) is 2.94. The molecule has 0 saturated heterocycles. The third-order valence-electron chi connectivity index (χ3n) is 4.57. The number of halogens is 2. The number of hydrogen-bond acceptors (Lipinski definition) is 4. The fourth-order valence-corrected chi connectivity index (χ4v) is 4.08. The second-order valence-corrected chi connectivity index (χ2v) is 7.38. The van der Waals surface area contributed by atoms with Gasteiger partial charge in [-0.3, -0.25) is 19.2 Å². The number of nitrogens with zero attached hydrogens (tertiary/aromatic N) is 2. The third kappa shape index (κ3) is 2.36. The lowest BCUT2D eigenvalue weighted by Gasteiger charge is -2.09. The van der Waals surface area contributed by atoms with Crippen molar-refractivity contribution in [1.29, 1.82) is 0 Å². The van der Waals surface area contributed by atoms with Crippen LogP contribution in [-0.2, 0) is 12.8 Å². The Morgan fingerprint density at radius 2 is 1.00 bits per heavy atom. The van der Waals surface area contributed by atoms with Crippen molar-refractivity contribution in [2.45, 2.75) is 12.8 Å². The lowest BCUT2D eigenvalue weighted by Crippen LogP contribution is -2.18. The SMILES string of the molecule is O=C1c2cccc(CCc3cccc4c3C(=O)N(Br)C4=O)c2C(=O)N1Br. The first-order chi connectivity index (χ1) is 12.4. The highest BCUT2D eigenvalue weighted by atomic mass is 79.9. The summed E-state index contributed by atoms with van der Waals surface area (Å²) in [5, 5.41) is 0. The van der Waals surface area contributed by atoms with Crippen molar-refractivity contribution >= 4 is 55.9 Å². The zero-order valence-corrected chi connectivity index (χ0v) is 16.3. The number of fused-ring (bicyclic) bond motifs is 2. The summed E-state index contributed by atoms with van der Waals surface area (Å²) in [6.07, 6.45) is 0.923. The topological polar surface area (TPSA) is 74.8 Å². The predicted molar refractivity (Wildman–Crippen MR) is 99.1 cm³/mol. The van der Waals surface area contributed by atoms with Crippen LogP contribution in [0.15, 0.2) is 36.4 Å². The zero-order chi connectivity index (χ0) is 18.6. The van der Waals surface area contributed by atoms with E-state index < -0.39 is 11.8 Å². The van der Waals surface area contributed by atoms with Gasteiger partial charge in [-0.25, -0.2) is 7.85 Å². The van der Waals surface area contributed by atoms with Crippen LogP contribution in [0.1, 0.15) is 52.6 Å². The smallest absolute Gasteiger partial charge is 0.268 e. The van der Waals surface area contributed by atoms with Gasteiger partial charge >= 0.3 is 0 Å². The molecule has 0 radical (unpaired) electrons. The Morgan fingerprint density at radius 1 is 0.615 bits per heavy atom. The lowest BCUT2D eigenvalue weighted by atomic mass is 9.94. The fraction of sp³-hybridized carbons (Fsp3) is 0.111. The van der Waals surface area contributed by atoms with Crippen molar-refractivity contribution in [2.75, 3.05) is 0 Å². The summed E-state index contributed by atoms with van der Waals surface area (Å²) < 4.78 is 1.85. The molecule has 0 atom stereocenters. The molecule has 0 aliphatic carbocycles. The normalized spacial score (nSPS) is 15.8. The van der Waals surface area contributed by atoms with Crippen LogP contribution >= 0.6 is 32.3 Å². The summed E-state index contributed by atoms with van der Waals surface area (Å²) in [5.74, 6) is -1.56. The highest BCUT2D eigenvalue weighted by molar-refractivity contribution is 9.08. The van der Waals surface area contributed by atoms with Crippen LogP contribution in [0, 0.1) is 0 Å². The van der Waals surface area contributed by atoms with E-state index in [0.717, 1.165) is 19.0 Å². The predicted octanol–water partition coefficient (Wildman–Crippen LogP) is 3.28. The standard InChI is InChI=1S/C18H10Br2N2O4/c19-21-15(23)11-5-1-3-9(13(11)17(21)25)7-8-10-4-2-6-12-14(10)18(26)22(20)16(12)24/h1-6H,7-8H2. The van der Waals surface area contributed by atoms with Gasteiger partial charge in [0.05, 0.1) is 54.5 Å². The molecule has 2 aliphatic rings. The number of carbonyl (C=O) groups excluding carboxylic acids is 4. The highest BCUT2D eigenvalue weighted by Crippen LogP contribution is 2.31. The molecule has 4 amide bonds. The van der Waals surface area contributed by atoms with Gasteiger partial charge in [-0.2, -0.15) is 0 Å². The van der Waals surface area contributed by atoms with Gasteiger partial charge in [0, 0.05) is 0 Å². The van der Waals surface area contributed by atoms with E-state index >= 15 is 0 Å². The maximum atomic E-state index is 12.3. The van der Waals surface area contributed by atoms with E-state index in [-0.39, 0.29) is 11.8 Å². The number of rotatable bonds is 3. The van der Waals surface area contributed by atoms with Gasteiger partial charge in [-0.05, 0) is 36.1 Å². The molecule has 8 heteroatoms. The van der Waals surface area contributed by atoms with E-state index in [1.165, 1.54) is 0 Å². The molecule has 2 heterocycles. The molecule has 2 aliphatic heterocycles. The van der Waals surface area contributed by atoms with Crippen LogP contribution in [0.3, 0.4) is 0 Å². The summed E-state index contributed by atoms with van der Waals surface area (Å²) in [4.78, 5) is 48.8. The first kappa shape index (κ1) is 17.1. The number of aryl methyl sites for hydroxylation is 2. The zero-order valence-electron chi connectivity index (χ0n) is 13.2. The largest absolute Gasteiger partial charge is 0.272 e. The van der Waals surface area contributed by atoms with E-state index in [2.05, 4.69) is 32.3 Å². The van der Waals surface area contributed by atoms with Crippen molar-refractivity contribution in [1.82, 2.24) is 7.85 Å². The minimum absolute atomic E-state index is 0.362. The summed E-state index contributed by atoms with van der Waals surface area (Å²) in [6, 6.07) is 10.3. The van der Waals surface area contributed by atoms with Gasteiger partial charge < -0.3 is 0 Å². The van der Waals surface area contributed by atoms with E-state index in [0.29, 0.717) is 35.1 Å². The Labute approximate surface area is 165 Å². The monoisotopic (exact) mass is 476 g/mol. The minimum atomic E-state index is -0.392. The van der Waals surface area contributed by atoms with Gasteiger partial charge in [0.15, 0.2) is 0 Å². The molecular weight excluding hydrogens is 468 g/mol. The van der Waals surface area contributed by atoms with Gasteiger partial charge in [-0.1, -0.05) is 24.3 Å². The Kier molecular flexibility index (Phi) is 4.04. The molecule has 2 aromatic carbocycles. The number of imide groups is 2. The van der Waals surface area contributed by atoms with Crippen molar-refractivity contribution in [2.24, 2.45) is 0 Å². The summed E-state index contributed by atoms with van der Waals surface area (Å²) in [6.45, 7) is 0. The fourth-order valence-electron chi connectivity index (χ4n) is 3.34. The molecule has 0 saturated carbocycles. The van der Waals surface area contributed by atoms with E-state index in [4.69, 9.17) is 0 Å². The first-order valence-electron chi connectivity index (χ1n) is 7.74. The van der Waals surface area contributed by atoms with Crippen molar-refractivity contribution in [3.8, 4) is 0 Å². The third-order valence-corrected chi connectivity index (χ3v) is 5.86. The Balaban J connectivity index is 1.68. The number of amides is 4. The first-order valence-corrected chi connectivity index (χ1v) is 9.16. The van der Waals surface area contributed by atoms with Crippen LogP contribution in [0.4, 0.5) is 0 Å². The maximum absolute atomic E-state index is 12.3. The van der Waals surface area contributed by atoms with E-state index in [1.54, 1.807) is 36.4 Å². The number of hydrogen-bond donors (Lipinski definition) is 0. The van der Waals surface area contributed by atoms with Crippen molar-refractivity contribution in [3.63, 3.8) is 0 Å². The van der Waals surface area contributed by atoms with Gasteiger partial charge in [0.1, 0.15) is 0 Å². The Hall–Kier alpha value is -2.32. The molecular formula is C18H10Br2N2O4. The number of carbonyl (C=O) groups is 4. The van der Waals surface area contributed by atoms with Crippen LogP contribution < -0.4 is 0 Å². The molecule has 6 nitrogen and oxygen atoms in total. The quantitative estimate of drug-likeness (QED) is 0.502.